The number of carbonyl (C=O) groups excluding carboxylic acids is 1. The first-order chi connectivity index (χ1) is 13.6. The van der Waals surface area contributed by atoms with Crippen LogP contribution < -0.4 is 15.8 Å². The molecule has 0 fully saturated rings. The number of aromatic nitrogens is 1. The molecule has 9 heteroatoms. The molecular formula is C20H15ClF3N3O2. The van der Waals surface area contributed by atoms with Crippen LogP contribution in [-0.4, -0.2) is 17.3 Å². The molecule has 0 unspecified atom stereocenters. The number of para-hydroxylation sites is 1. The molecule has 29 heavy (non-hydrogen) atoms. The maximum Gasteiger partial charge on any atom is 0.573 e. The molecule has 150 valence electrons. The normalized spacial score (nSPS) is 11.2. The highest BCUT2D eigenvalue weighted by Crippen LogP contribution is 2.29. The Morgan fingerprint density at radius 2 is 1.83 bits per heavy atom. The third-order valence-corrected chi connectivity index (χ3v) is 4.36. The minimum absolute atomic E-state index is 0.00739. The third kappa shape index (κ3) is 4.97. The number of nitrogens with two attached hydrogens (primary N) is 1. The smallest absolute Gasteiger partial charge is 0.406 e. The Balaban J connectivity index is 1.87. The van der Waals surface area contributed by atoms with E-state index in [0.717, 1.165) is 5.56 Å². The van der Waals surface area contributed by atoms with E-state index in [1.807, 2.05) is 0 Å². The van der Waals surface area contributed by atoms with Crippen LogP contribution in [0, 0.1) is 6.92 Å². The van der Waals surface area contributed by atoms with Gasteiger partial charge in [0.2, 0.25) is 0 Å². The first-order valence-electron chi connectivity index (χ1n) is 8.32. The Labute approximate surface area is 169 Å². The molecular weight excluding hydrogens is 407 g/mol. The van der Waals surface area contributed by atoms with Gasteiger partial charge in [-0.15, -0.1) is 13.2 Å². The molecule has 5 nitrogen and oxygen atoms in total. The molecule has 3 rings (SSSR count). The van der Waals surface area contributed by atoms with Crippen molar-refractivity contribution in [2.45, 2.75) is 13.3 Å². The summed E-state index contributed by atoms with van der Waals surface area (Å²) < 4.78 is 40.7. The Kier molecular flexibility index (Phi) is 5.65. The average Bonchev–Trinajstić information content (AvgIpc) is 2.64. The van der Waals surface area contributed by atoms with Crippen LogP contribution in [0.3, 0.4) is 0 Å². The molecule has 3 N–H and O–H groups in total. The second kappa shape index (κ2) is 8.00. The summed E-state index contributed by atoms with van der Waals surface area (Å²) in [6.45, 7) is 1.80. The van der Waals surface area contributed by atoms with Gasteiger partial charge >= 0.3 is 6.36 Å². The van der Waals surface area contributed by atoms with Crippen molar-refractivity contribution in [3.05, 3.63) is 70.9 Å². The number of hydrogen-bond acceptors (Lipinski definition) is 4. The molecule has 3 aromatic rings. The predicted octanol–water partition coefficient (Wildman–Crippen LogP) is 5.44. The Morgan fingerprint density at radius 1 is 1.14 bits per heavy atom. The highest BCUT2D eigenvalue weighted by Gasteiger charge is 2.31. The van der Waals surface area contributed by atoms with Crippen LogP contribution in [0.5, 0.6) is 5.75 Å². The Morgan fingerprint density at radius 3 is 2.45 bits per heavy atom. The number of anilines is 2. The van der Waals surface area contributed by atoms with Gasteiger partial charge in [-0.1, -0.05) is 35.9 Å². The van der Waals surface area contributed by atoms with Crippen molar-refractivity contribution in [2.24, 2.45) is 0 Å². The number of nitrogens with one attached hydrogen (secondary N) is 1. The zero-order valence-electron chi connectivity index (χ0n) is 15.0. The van der Waals surface area contributed by atoms with E-state index >= 15 is 0 Å². The van der Waals surface area contributed by atoms with E-state index in [1.54, 1.807) is 25.1 Å². The van der Waals surface area contributed by atoms with E-state index in [4.69, 9.17) is 17.3 Å². The second-order valence-corrected chi connectivity index (χ2v) is 6.52. The van der Waals surface area contributed by atoms with Crippen molar-refractivity contribution in [3.8, 4) is 16.9 Å². The fraction of sp³-hybridized carbons (Fsp3) is 0.100. The van der Waals surface area contributed by atoms with Crippen molar-refractivity contribution >= 4 is 29.0 Å². The number of alkyl halides is 3. The van der Waals surface area contributed by atoms with Crippen molar-refractivity contribution in [1.82, 2.24) is 4.98 Å². The van der Waals surface area contributed by atoms with Crippen molar-refractivity contribution in [1.29, 1.82) is 0 Å². The summed E-state index contributed by atoms with van der Waals surface area (Å²) in [7, 11) is 0. The third-order valence-electron chi connectivity index (χ3n) is 4.04. The van der Waals surface area contributed by atoms with Crippen LogP contribution in [-0.2, 0) is 0 Å². The fourth-order valence-corrected chi connectivity index (χ4v) is 2.90. The largest absolute Gasteiger partial charge is 0.573 e. The SMILES string of the molecule is Cc1cccc(Cl)c1NC(=O)c1cc(-c2ccc(OC(F)(F)F)cc2)cnc1N. The average molecular weight is 422 g/mol. The molecule has 0 aliphatic heterocycles. The summed E-state index contributed by atoms with van der Waals surface area (Å²) in [5.74, 6) is -0.852. The standard InChI is InChI=1S/C20H15ClF3N3O2/c1-11-3-2-4-16(21)17(11)27-19(28)15-9-13(10-26-18(15)25)12-5-7-14(8-6-12)29-20(22,23)24/h2-10H,1H3,(H2,25,26)(H,27,28). The predicted molar refractivity (Wildman–Crippen MR) is 105 cm³/mol. The van der Waals surface area contributed by atoms with Gasteiger partial charge in [0.25, 0.3) is 5.91 Å². The second-order valence-electron chi connectivity index (χ2n) is 6.11. The number of carbonyl (C=O) groups is 1. The van der Waals surface area contributed by atoms with Gasteiger partial charge in [-0.25, -0.2) is 4.98 Å². The lowest BCUT2D eigenvalue weighted by Crippen LogP contribution is -2.17. The minimum atomic E-state index is -4.77. The molecule has 1 heterocycles. The van der Waals surface area contributed by atoms with Crippen molar-refractivity contribution < 1.29 is 22.7 Å². The molecule has 0 radical (unpaired) electrons. The van der Waals surface area contributed by atoms with Gasteiger partial charge in [-0.3, -0.25) is 4.79 Å². The van der Waals surface area contributed by atoms with Crippen LogP contribution >= 0.6 is 11.6 Å². The van der Waals surface area contributed by atoms with Crippen LogP contribution in [0.15, 0.2) is 54.7 Å². The molecule has 0 saturated carbocycles. The zero-order valence-corrected chi connectivity index (χ0v) is 15.8. The number of pyridine rings is 1. The maximum atomic E-state index is 12.7. The van der Waals surface area contributed by atoms with Gasteiger partial charge in [-0.2, -0.15) is 0 Å². The number of nitrogen functional groups attached to an aromatic ring is 1. The quantitative estimate of drug-likeness (QED) is 0.587. The van der Waals surface area contributed by atoms with Crippen molar-refractivity contribution in [3.63, 3.8) is 0 Å². The minimum Gasteiger partial charge on any atom is -0.406 e. The number of halogens is 4. The number of ether oxygens (including phenoxy) is 1. The lowest BCUT2D eigenvalue weighted by Gasteiger charge is -2.13. The molecule has 0 bridgehead atoms. The van der Waals surface area contributed by atoms with Crippen molar-refractivity contribution in [2.75, 3.05) is 11.1 Å². The summed E-state index contributed by atoms with van der Waals surface area (Å²) in [6.07, 6.45) is -3.35. The summed E-state index contributed by atoms with van der Waals surface area (Å²) in [5.41, 5.74) is 8.21. The van der Waals surface area contributed by atoms with E-state index in [9.17, 15) is 18.0 Å². The summed E-state index contributed by atoms with van der Waals surface area (Å²) in [4.78, 5) is 16.7. The number of nitrogens with zero attached hydrogens (tertiary/aromatic N) is 1. The molecule has 1 amide bonds. The van der Waals surface area contributed by atoms with E-state index in [2.05, 4.69) is 15.0 Å². The van der Waals surface area contributed by atoms with Gasteiger partial charge in [0.05, 0.1) is 16.3 Å². The number of rotatable bonds is 4. The highest BCUT2D eigenvalue weighted by molar-refractivity contribution is 6.34. The zero-order chi connectivity index (χ0) is 21.2. The van der Waals surface area contributed by atoms with E-state index in [1.165, 1.54) is 36.5 Å². The first kappa shape index (κ1) is 20.5. The number of benzene rings is 2. The maximum absolute atomic E-state index is 12.7. The number of hydrogen-bond donors (Lipinski definition) is 2. The molecule has 0 saturated heterocycles. The summed E-state index contributed by atoms with van der Waals surface area (Å²) >= 11 is 6.14. The van der Waals surface area contributed by atoms with E-state index in [0.29, 0.717) is 21.8 Å². The molecule has 0 aliphatic carbocycles. The monoisotopic (exact) mass is 421 g/mol. The van der Waals surface area contributed by atoms with Crippen LogP contribution in [0.4, 0.5) is 24.7 Å². The molecule has 0 spiro atoms. The lowest BCUT2D eigenvalue weighted by atomic mass is 10.0. The summed E-state index contributed by atoms with van der Waals surface area (Å²) in [5, 5.41) is 3.09. The summed E-state index contributed by atoms with van der Waals surface area (Å²) in [6, 6.07) is 11.9. The molecule has 2 aromatic carbocycles. The molecule has 0 aliphatic rings. The Bertz CT molecular complexity index is 1030. The van der Waals surface area contributed by atoms with Gasteiger partial charge in [0, 0.05) is 11.8 Å². The topological polar surface area (TPSA) is 77.2 Å². The number of aryl methyl sites for hydroxylation is 1. The van der Waals surface area contributed by atoms with Gasteiger partial charge in [0.15, 0.2) is 0 Å². The number of amides is 1. The fourth-order valence-electron chi connectivity index (χ4n) is 2.64. The van der Waals surface area contributed by atoms with E-state index < -0.39 is 12.3 Å². The highest BCUT2D eigenvalue weighted by atomic mass is 35.5. The van der Waals surface area contributed by atoms with Gasteiger partial charge in [0.1, 0.15) is 11.6 Å². The lowest BCUT2D eigenvalue weighted by molar-refractivity contribution is -0.274. The molecule has 1 aromatic heterocycles. The van der Waals surface area contributed by atoms with Crippen LogP contribution in [0.1, 0.15) is 15.9 Å². The van der Waals surface area contributed by atoms with E-state index in [-0.39, 0.29) is 17.1 Å². The van der Waals surface area contributed by atoms with Crippen LogP contribution in [0.2, 0.25) is 5.02 Å². The van der Waals surface area contributed by atoms with Gasteiger partial charge in [-0.05, 0) is 42.3 Å². The van der Waals surface area contributed by atoms with Gasteiger partial charge < -0.3 is 15.8 Å². The molecule has 0 atom stereocenters. The van der Waals surface area contributed by atoms with Crippen LogP contribution in [0.25, 0.3) is 11.1 Å². The first-order valence-corrected chi connectivity index (χ1v) is 8.70. The Hall–Kier alpha value is -3.26.